The van der Waals surface area contributed by atoms with E-state index in [4.69, 9.17) is 0 Å². The Labute approximate surface area is 161 Å². The van der Waals surface area contributed by atoms with Crippen LogP contribution in [0.4, 0.5) is 0 Å². The van der Waals surface area contributed by atoms with Crippen molar-refractivity contribution in [1.29, 1.82) is 0 Å². The Balaban J connectivity index is 1.63. The lowest BCUT2D eigenvalue weighted by molar-refractivity contribution is 0.0775. The normalized spacial score (nSPS) is 10.5. The summed E-state index contributed by atoms with van der Waals surface area (Å²) in [7, 11) is 3.58. The molecule has 0 aliphatic rings. The van der Waals surface area contributed by atoms with Crippen LogP contribution in [0.25, 0.3) is 0 Å². The summed E-state index contributed by atoms with van der Waals surface area (Å²) in [6, 6.07) is 14.9. The third-order valence-electron chi connectivity index (χ3n) is 4.02. The molecule has 6 heteroatoms. The summed E-state index contributed by atoms with van der Waals surface area (Å²) in [6.45, 7) is 1.17. The molecule has 134 valence electrons. The molecule has 0 spiro atoms. The lowest BCUT2D eigenvalue weighted by atomic mass is 10.1. The van der Waals surface area contributed by atoms with Crippen molar-refractivity contribution in [3.63, 3.8) is 0 Å². The van der Waals surface area contributed by atoms with Crippen LogP contribution in [0.3, 0.4) is 0 Å². The lowest BCUT2D eigenvalue weighted by Gasteiger charge is -2.18. The fourth-order valence-corrected chi connectivity index (χ4v) is 4.13. The first-order valence-electron chi connectivity index (χ1n) is 8.20. The molecule has 2 aromatic heterocycles. The molecule has 0 bridgehead atoms. The van der Waals surface area contributed by atoms with Crippen LogP contribution < -0.4 is 0 Å². The van der Waals surface area contributed by atoms with Crippen LogP contribution in [0.15, 0.2) is 59.3 Å². The zero-order valence-electron chi connectivity index (χ0n) is 14.7. The zero-order valence-corrected chi connectivity index (χ0v) is 16.3. The van der Waals surface area contributed by atoms with Crippen molar-refractivity contribution in [2.75, 3.05) is 14.1 Å². The van der Waals surface area contributed by atoms with Crippen molar-refractivity contribution in [3.05, 3.63) is 80.2 Å². The average Bonchev–Trinajstić information content (AvgIpc) is 3.34. The van der Waals surface area contributed by atoms with E-state index in [0.29, 0.717) is 24.2 Å². The Morgan fingerprint density at radius 2 is 1.12 bits per heavy atom. The number of carbonyl (C=O) groups is 2. The maximum absolute atomic E-state index is 12.5. The van der Waals surface area contributed by atoms with Gasteiger partial charge in [-0.05, 0) is 47.2 Å². The molecule has 0 N–H and O–H groups in total. The summed E-state index contributed by atoms with van der Waals surface area (Å²) in [5, 5.41) is 4.00. The molecule has 0 unspecified atom stereocenters. The number of rotatable bonds is 6. The number of benzene rings is 1. The summed E-state index contributed by atoms with van der Waals surface area (Å²) in [5.41, 5.74) is 1.17. The number of hydrogen-bond donors (Lipinski definition) is 0. The van der Waals surface area contributed by atoms with Gasteiger partial charge in [0, 0.05) is 35.0 Å². The van der Waals surface area contributed by atoms with Gasteiger partial charge in [0.1, 0.15) is 0 Å². The molecule has 3 aromatic rings. The molecule has 1 aromatic carbocycles. The van der Waals surface area contributed by atoms with Gasteiger partial charge >= 0.3 is 0 Å². The number of amides is 2. The molecule has 2 amide bonds. The predicted molar refractivity (Wildman–Crippen MR) is 107 cm³/mol. The molecule has 0 radical (unpaired) electrons. The van der Waals surface area contributed by atoms with E-state index in [1.807, 2.05) is 35.0 Å². The molecule has 0 fully saturated rings. The first-order chi connectivity index (χ1) is 12.5. The largest absolute Gasteiger partial charge is 0.337 e. The second kappa shape index (κ2) is 8.29. The molecule has 2 heterocycles. The zero-order chi connectivity index (χ0) is 18.5. The molecule has 0 aliphatic heterocycles. The second-order valence-corrected chi connectivity index (χ2v) is 8.12. The second-order valence-electron chi connectivity index (χ2n) is 6.06. The van der Waals surface area contributed by atoms with Crippen molar-refractivity contribution in [2.24, 2.45) is 0 Å². The summed E-state index contributed by atoms with van der Waals surface area (Å²) in [5.74, 6) is -0.103. The fraction of sp³-hybridized carbons (Fsp3) is 0.200. The van der Waals surface area contributed by atoms with Gasteiger partial charge in [-0.1, -0.05) is 12.1 Å². The topological polar surface area (TPSA) is 40.6 Å². The van der Waals surface area contributed by atoms with Crippen LogP contribution in [-0.4, -0.2) is 35.7 Å². The Morgan fingerprint density at radius 3 is 1.42 bits per heavy atom. The Kier molecular flexibility index (Phi) is 5.85. The Morgan fingerprint density at radius 1 is 0.731 bits per heavy atom. The Hall–Kier alpha value is -2.44. The van der Waals surface area contributed by atoms with E-state index >= 15 is 0 Å². The van der Waals surface area contributed by atoms with Crippen molar-refractivity contribution in [1.82, 2.24) is 9.80 Å². The van der Waals surface area contributed by atoms with Crippen LogP contribution in [0.5, 0.6) is 0 Å². The third-order valence-corrected chi connectivity index (χ3v) is 5.74. The van der Waals surface area contributed by atoms with Gasteiger partial charge in [0.05, 0.1) is 13.1 Å². The average molecular weight is 385 g/mol. The summed E-state index contributed by atoms with van der Waals surface area (Å²) >= 11 is 3.26. The third kappa shape index (κ3) is 4.39. The smallest absolute Gasteiger partial charge is 0.253 e. The minimum absolute atomic E-state index is 0.0515. The van der Waals surface area contributed by atoms with Gasteiger partial charge in [0.2, 0.25) is 0 Å². The molecule has 26 heavy (non-hydrogen) atoms. The highest BCUT2D eigenvalue weighted by Crippen LogP contribution is 2.16. The fourth-order valence-electron chi connectivity index (χ4n) is 2.61. The number of nitrogens with zero attached hydrogens (tertiary/aromatic N) is 2. The molecule has 0 atom stereocenters. The van der Waals surface area contributed by atoms with E-state index in [1.54, 1.807) is 70.8 Å². The van der Waals surface area contributed by atoms with Gasteiger partial charge < -0.3 is 9.80 Å². The van der Waals surface area contributed by atoms with E-state index in [0.717, 1.165) is 9.75 Å². The highest BCUT2D eigenvalue weighted by Gasteiger charge is 2.16. The SMILES string of the molecule is CN(Cc1cccs1)C(=O)c1ccc(C(=O)N(C)Cc2cccs2)cc1. The van der Waals surface area contributed by atoms with E-state index in [2.05, 4.69) is 0 Å². The van der Waals surface area contributed by atoms with Crippen molar-refractivity contribution >= 4 is 34.5 Å². The molecular weight excluding hydrogens is 364 g/mol. The lowest BCUT2D eigenvalue weighted by Crippen LogP contribution is -2.27. The highest BCUT2D eigenvalue weighted by atomic mass is 32.1. The summed E-state index contributed by atoms with van der Waals surface area (Å²) < 4.78 is 0. The molecule has 0 saturated heterocycles. The highest BCUT2D eigenvalue weighted by molar-refractivity contribution is 7.10. The van der Waals surface area contributed by atoms with Crippen LogP contribution in [0.1, 0.15) is 30.5 Å². The maximum atomic E-state index is 12.5. The van der Waals surface area contributed by atoms with Crippen LogP contribution in [0, 0.1) is 0 Å². The number of hydrogen-bond acceptors (Lipinski definition) is 4. The van der Waals surface area contributed by atoms with Crippen LogP contribution in [-0.2, 0) is 13.1 Å². The molecule has 3 rings (SSSR count). The minimum Gasteiger partial charge on any atom is -0.337 e. The molecule has 0 aliphatic carbocycles. The van der Waals surface area contributed by atoms with E-state index in [1.165, 1.54) is 0 Å². The van der Waals surface area contributed by atoms with E-state index < -0.39 is 0 Å². The molecule has 0 saturated carbocycles. The first kappa shape index (κ1) is 18.4. The number of thiophene rings is 2. The molecule has 4 nitrogen and oxygen atoms in total. The van der Waals surface area contributed by atoms with Gasteiger partial charge in [0.15, 0.2) is 0 Å². The quantitative estimate of drug-likeness (QED) is 0.634. The van der Waals surface area contributed by atoms with Gasteiger partial charge in [-0.15, -0.1) is 22.7 Å². The van der Waals surface area contributed by atoms with Crippen molar-refractivity contribution in [3.8, 4) is 0 Å². The van der Waals surface area contributed by atoms with Crippen LogP contribution in [0.2, 0.25) is 0 Å². The molecular formula is C20H20N2O2S2. The monoisotopic (exact) mass is 384 g/mol. The van der Waals surface area contributed by atoms with Gasteiger partial charge in [-0.25, -0.2) is 0 Å². The van der Waals surface area contributed by atoms with Gasteiger partial charge in [-0.3, -0.25) is 9.59 Å². The predicted octanol–water partition coefficient (Wildman–Crippen LogP) is 4.35. The summed E-state index contributed by atoms with van der Waals surface area (Å²) in [6.07, 6.45) is 0. The van der Waals surface area contributed by atoms with E-state index in [9.17, 15) is 9.59 Å². The maximum Gasteiger partial charge on any atom is 0.253 e. The first-order valence-corrected chi connectivity index (χ1v) is 9.96. The van der Waals surface area contributed by atoms with Crippen molar-refractivity contribution < 1.29 is 9.59 Å². The standard InChI is InChI=1S/C20H20N2O2S2/c1-21(13-17-5-3-11-25-17)19(23)15-7-9-16(10-8-15)20(24)22(2)14-18-6-4-12-26-18/h3-12H,13-14H2,1-2H3. The Bertz CT molecular complexity index is 783. The van der Waals surface area contributed by atoms with Gasteiger partial charge in [-0.2, -0.15) is 0 Å². The van der Waals surface area contributed by atoms with E-state index in [-0.39, 0.29) is 11.8 Å². The van der Waals surface area contributed by atoms with Crippen molar-refractivity contribution in [2.45, 2.75) is 13.1 Å². The van der Waals surface area contributed by atoms with Crippen LogP contribution >= 0.6 is 22.7 Å². The minimum atomic E-state index is -0.0515. The van der Waals surface area contributed by atoms with Gasteiger partial charge in [0.25, 0.3) is 11.8 Å². The number of carbonyl (C=O) groups excluding carboxylic acids is 2. The summed E-state index contributed by atoms with van der Waals surface area (Å²) in [4.78, 5) is 30.7.